The molecule has 3 aromatic rings. The molecule has 0 unspecified atom stereocenters. The van der Waals surface area contributed by atoms with E-state index in [-0.39, 0.29) is 12.0 Å². The van der Waals surface area contributed by atoms with Crippen LogP contribution in [0, 0.1) is 0 Å². The number of aliphatic hydroxyl groups excluding tert-OH is 1. The van der Waals surface area contributed by atoms with Gasteiger partial charge in [-0.15, -0.1) is 10.2 Å². The molecule has 1 N–H and O–H groups in total. The molecule has 0 atom stereocenters. The van der Waals surface area contributed by atoms with Crippen LogP contribution in [0.5, 0.6) is 0 Å². The summed E-state index contributed by atoms with van der Waals surface area (Å²) in [6, 6.07) is 15.7. The van der Waals surface area contributed by atoms with Crippen molar-refractivity contribution in [3.8, 4) is 5.69 Å². The summed E-state index contributed by atoms with van der Waals surface area (Å²) in [6.07, 6.45) is 0. The van der Waals surface area contributed by atoms with Crippen LogP contribution in [0.15, 0.2) is 48.5 Å². The number of rotatable bonds is 3. The summed E-state index contributed by atoms with van der Waals surface area (Å²) in [7, 11) is 0. The Morgan fingerprint density at radius 1 is 0.950 bits per heavy atom. The second-order valence-electron chi connectivity index (χ2n) is 5.54. The SMILES string of the molecule is CC(C)(CO)c1ccccc1-n1nc2ccccc2n1. The Balaban J connectivity index is 2.19. The van der Waals surface area contributed by atoms with Crippen LogP contribution in [-0.2, 0) is 5.41 Å². The number of aromatic nitrogens is 3. The molecule has 0 amide bonds. The largest absolute Gasteiger partial charge is 0.395 e. The molecule has 4 heteroatoms. The van der Waals surface area contributed by atoms with Crippen LogP contribution in [0.2, 0.25) is 0 Å². The lowest BCUT2D eigenvalue weighted by Crippen LogP contribution is -2.24. The van der Waals surface area contributed by atoms with E-state index in [1.165, 1.54) is 0 Å². The zero-order valence-electron chi connectivity index (χ0n) is 11.6. The summed E-state index contributed by atoms with van der Waals surface area (Å²) >= 11 is 0. The molecular formula is C16H17N3O. The molecule has 0 bridgehead atoms. The van der Waals surface area contributed by atoms with Gasteiger partial charge in [0, 0.05) is 5.41 Å². The predicted octanol–water partition coefficient (Wildman–Crippen LogP) is 2.69. The van der Waals surface area contributed by atoms with Crippen LogP contribution in [-0.4, -0.2) is 26.7 Å². The molecule has 0 saturated heterocycles. The molecule has 0 aliphatic rings. The number of benzene rings is 2. The second-order valence-corrected chi connectivity index (χ2v) is 5.54. The van der Waals surface area contributed by atoms with Crippen molar-refractivity contribution in [2.24, 2.45) is 0 Å². The van der Waals surface area contributed by atoms with Crippen LogP contribution in [0.3, 0.4) is 0 Å². The van der Waals surface area contributed by atoms with E-state index < -0.39 is 0 Å². The quantitative estimate of drug-likeness (QED) is 0.793. The van der Waals surface area contributed by atoms with E-state index in [1.807, 2.05) is 62.4 Å². The summed E-state index contributed by atoms with van der Waals surface area (Å²) in [5.74, 6) is 0. The first-order valence-electron chi connectivity index (χ1n) is 6.65. The van der Waals surface area contributed by atoms with Crippen molar-refractivity contribution in [2.45, 2.75) is 19.3 Å². The van der Waals surface area contributed by atoms with Crippen molar-refractivity contribution in [3.63, 3.8) is 0 Å². The Labute approximate surface area is 117 Å². The van der Waals surface area contributed by atoms with Gasteiger partial charge in [-0.2, -0.15) is 4.80 Å². The van der Waals surface area contributed by atoms with Gasteiger partial charge in [-0.05, 0) is 23.8 Å². The molecule has 0 aliphatic heterocycles. The first kappa shape index (κ1) is 12.8. The van der Waals surface area contributed by atoms with Gasteiger partial charge in [0.15, 0.2) is 0 Å². The minimum atomic E-state index is -0.337. The lowest BCUT2D eigenvalue weighted by Gasteiger charge is -2.24. The molecule has 4 nitrogen and oxygen atoms in total. The normalized spacial score (nSPS) is 11.9. The number of fused-ring (bicyclic) bond motifs is 1. The Bertz CT molecular complexity index is 713. The summed E-state index contributed by atoms with van der Waals surface area (Å²) in [5.41, 5.74) is 3.33. The molecule has 0 fully saturated rings. The van der Waals surface area contributed by atoms with Gasteiger partial charge in [-0.3, -0.25) is 0 Å². The van der Waals surface area contributed by atoms with Crippen LogP contribution in [0.25, 0.3) is 16.7 Å². The lowest BCUT2D eigenvalue weighted by atomic mass is 9.84. The number of hydrogen-bond donors (Lipinski definition) is 1. The van der Waals surface area contributed by atoms with Gasteiger partial charge in [-0.1, -0.05) is 44.2 Å². The minimum Gasteiger partial charge on any atom is -0.395 e. The monoisotopic (exact) mass is 267 g/mol. The van der Waals surface area contributed by atoms with Crippen molar-refractivity contribution in [2.75, 3.05) is 6.61 Å². The fourth-order valence-electron chi connectivity index (χ4n) is 2.27. The van der Waals surface area contributed by atoms with E-state index in [4.69, 9.17) is 0 Å². The fourth-order valence-corrected chi connectivity index (χ4v) is 2.27. The zero-order valence-corrected chi connectivity index (χ0v) is 11.6. The van der Waals surface area contributed by atoms with Gasteiger partial charge in [-0.25, -0.2) is 0 Å². The van der Waals surface area contributed by atoms with Crippen molar-refractivity contribution in [1.29, 1.82) is 0 Å². The Morgan fingerprint density at radius 2 is 1.50 bits per heavy atom. The maximum Gasteiger partial charge on any atom is 0.113 e. The molecule has 3 rings (SSSR count). The molecule has 20 heavy (non-hydrogen) atoms. The first-order chi connectivity index (χ1) is 9.62. The highest BCUT2D eigenvalue weighted by molar-refractivity contribution is 5.73. The van der Waals surface area contributed by atoms with Gasteiger partial charge in [0.25, 0.3) is 0 Å². The van der Waals surface area contributed by atoms with Gasteiger partial charge in [0.1, 0.15) is 11.0 Å². The van der Waals surface area contributed by atoms with Crippen LogP contribution in [0.1, 0.15) is 19.4 Å². The zero-order chi connectivity index (χ0) is 14.2. The summed E-state index contributed by atoms with van der Waals surface area (Å²) in [5, 5.41) is 18.6. The smallest absolute Gasteiger partial charge is 0.113 e. The molecule has 102 valence electrons. The Kier molecular flexibility index (Phi) is 3.03. The molecule has 2 aromatic carbocycles. The van der Waals surface area contributed by atoms with Crippen LogP contribution < -0.4 is 0 Å². The van der Waals surface area contributed by atoms with E-state index >= 15 is 0 Å². The third kappa shape index (κ3) is 2.08. The van der Waals surface area contributed by atoms with E-state index in [0.717, 1.165) is 22.3 Å². The van der Waals surface area contributed by atoms with Gasteiger partial charge in [0.05, 0.1) is 12.3 Å². The number of nitrogens with zero attached hydrogens (tertiary/aromatic N) is 3. The molecule has 0 aliphatic carbocycles. The van der Waals surface area contributed by atoms with Gasteiger partial charge in [0.2, 0.25) is 0 Å². The molecule has 0 spiro atoms. The molecule has 1 heterocycles. The Morgan fingerprint density at radius 3 is 2.10 bits per heavy atom. The molecule has 0 radical (unpaired) electrons. The number of aliphatic hydroxyl groups is 1. The molecule has 0 saturated carbocycles. The first-order valence-corrected chi connectivity index (χ1v) is 6.65. The highest BCUT2D eigenvalue weighted by atomic mass is 16.3. The predicted molar refractivity (Wildman–Crippen MR) is 79.0 cm³/mol. The van der Waals surface area contributed by atoms with Gasteiger partial charge < -0.3 is 5.11 Å². The van der Waals surface area contributed by atoms with Crippen LogP contribution in [0.4, 0.5) is 0 Å². The van der Waals surface area contributed by atoms with Crippen molar-refractivity contribution < 1.29 is 5.11 Å². The molecule has 1 aromatic heterocycles. The number of hydrogen-bond acceptors (Lipinski definition) is 3. The Hall–Kier alpha value is -2.20. The third-order valence-corrected chi connectivity index (χ3v) is 3.53. The highest BCUT2D eigenvalue weighted by Gasteiger charge is 2.24. The average Bonchev–Trinajstić information content (AvgIpc) is 2.91. The second kappa shape index (κ2) is 4.72. The lowest BCUT2D eigenvalue weighted by molar-refractivity contribution is 0.218. The summed E-state index contributed by atoms with van der Waals surface area (Å²) in [4.78, 5) is 1.65. The van der Waals surface area contributed by atoms with Gasteiger partial charge >= 0.3 is 0 Å². The van der Waals surface area contributed by atoms with Crippen molar-refractivity contribution in [3.05, 3.63) is 54.1 Å². The van der Waals surface area contributed by atoms with E-state index in [2.05, 4.69) is 10.2 Å². The minimum absolute atomic E-state index is 0.0742. The van der Waals surface area contributed by atoms with Crippen molar-refractivity contribution >= 4 is 11.0 Å². The average molecular weight is 267 g/mol. The maximum atomic E-state index is 9.61. The van der Waals surface area contributed by atoms with E-state index in [0.29, 0.717) is 0 Å². The molecular weight excluding hydrogens is 250 g/mol. The summed E-state index contributed by atoms with van der Waals surface area (Å²) in [6.45, 7) is 4.09. The standard InChI is InChI=1S/C16H17N3O/c1-16(2,11-20)12-7-3-6-10-15(12)19-17-13-8-4-5-9-14(13)18-19/h3-10,20H,11H2,1-2H3. The maximum absolute atomic E-state index is 9.61. The van der Waals surface area contributed by atoms with Crippen LogP contribution >= 0.6 is 0 Å². The van der Waals surface area contributed by atoms with E-state index in [9.17, 15) is 5.11 Å². The number of para-hydroxylation sites is 1. The topological polar surface area (TPSA) is 50.9 Å². The highest BCUT2D eigenvalue weighted by Crippen LogP contribution is 2.28. The van der Waals surface area contributed by atoms with Crippen molar-refractivity contribution in [1.82, 2.24) is 15.0 Å². The fraction of sp³-hybridized carbons (Fsp3) is 0.250. The third-order valence-electron chi connectivity index (χ3n) is 3.53. The summed E-state index contributed by atoms with van der Waals surface area (Å²) < 4.78 is 0. The van der Waals surface area contributed by atoms with E-state index in [1.54, 1.807) is 4.80 Å².